The molecule has 3 aromatic rings. The van der Waals surface area contributed by atoms with Crippen LogP contribution in [0.3, 0.4) is 0 Å². The number of pyridine rings is 1. The van der Waals surface area contributed by atoms with Crippen LogP contribution in [0.15, 0.2) is 79.4 Å². The van der Waals surface area contributed by atoms with Crippen molar-refractivity contribution in [1.29, 1.82) is 0 Å². The number of nitrogens with one attached hydrogen (secondary N) is 2. The average molecular weight is 444 g/mol. The van der Waals surface area contributed by atoms with Gasteiger partial charge in [0.05, 0.1) is 0 Å². The zero-order chi connectivity index (χ0) is 23.2. The van der Waals surface area contributed by atoms with Crippen molar-refractivity contribution in [2.24, 2.45) is 5.73 Å². The van der Waals surface area contributed by atoms with Gasteiger partial charge in [0.1, 0.15) is 17.1 Å². The van der Waals surface area contributed by atoms with E-state index in [-0.39, 0.29) is 23.4 Å². The van der Waals surface area contributed by atoms with Gasteiger partial charge in [-0.15, -0.1) is 0 Å². The molecule has 1 saturated heterocycles. The third-order valence-electron chi connectivity index (χ3n) is 5.29. The van der Waals surface area contributed by atoms with Gasteiger partial charge < -0.3 is 26.0 Å². The molecule has 168 valence electrons. The predicted octanol–water partition coefficient (Wildman–Crippen LogP) is 3.60. The first-order chi connectivity index (χ1) is 16.0. The number of benzene rings is 2. The highest BCUT2D eigenvalue weighted by Crippen LogP contribution is 2.29. The summed E-state index contributed by atoms with van der Waals surface area (Å²) in [5.74, 6) is 0.491. The SMILES string of the molecule is C=CC(=O)NC1CCN(c2ccc(C(N)=O)c(Oc3ccc(Nc4ccccc4)cc3)n2)C1. The minimum absolute atomic E-state index is 0.00199. The lowest BCUT2D eigenvalue weighted by Crippen LogP contribution is -2.36. The largest absolute Gasteiger partial charge is 0.438 e. The van der Waals surface area contributed by atoms with Crippen LogP contribution in [0.5, 0.6) is 11.6 Å². The molecule has 1 unspecified atom stereocenters. The normalized spacial score (nSPS) is 15.0. The standard InChI is InChI=1S/C25H25N5O3/c1-2-23(31)28-19-14-15-30(16-19)22-13-12-21(24(26)32)25(29-22)33-20-10-8-18(9-11-20)27-17-6-4-3-5-7-17/h2-13,19,27H,1,14-16H2,(H2,26,32)(H,28,31). The molecule has 2 amide bonds. The maximum Gasteiger partial charge on any atom is 0.254 e. The van der Waals surface area contributed by atoms with Crippen molar-refractivity contribution in [1.82, 2.24) is 10.3 Å². The van der Waals surface area contributed by atoms with Crippen molar-refractivity contribution in [3.63, 3.8) is 0 Å². The van der Waals surface area contributed by atoms with E-state index in [0.29, 0.717) is 24.7 Å². The zero-order valence-corrected chi connectivity index (χ0v) is 18.0. The summed E-state index contributed by atoms with van der Waals surface area (Å²) in [6.45, 7) is 4.79. The Morgan fingerprint density at radius 3 is 2.48 bits per heavy atom. The topological polar surface area (TPSA) is 110 Å². The summed E-state index contributed by atoms with van der Waals surface area (Å²) >= 11 is 0. The number of anilines is 3. The number of amides is 2. The summed E-state index contributed by atoms with van der Waals surface area (Å²) in [5, 5.41) is 6.20. The van der Waals surface area contributed by atoms with E-state index in [1.165, 1.54) is 6.08 Å². The van der Waals surface area contributed by atoms with E-state index in [0.717, 1.165) is 17.8 Å². The second-order valence-corrected chi connectivity index (χ2v) is 7.65. The first kappa shape index (κ1) is 21.9. The van der Waals surface area contributed by atoms with Crippen LogP contribution in [0, 0.1) is 0 Å². The van der Waals surface area contributed by atoms with Crippen LogP contribution in [0.2, 0.25) is 0 Å². The Kier molecular flexibility index (Phi) is 6.54. The quantitative estimate of drug-likeness (QED) is 0.459. The zero-order valence-electron chi connectivity index (χ0n) is 18.0. The lowest BCUT2D eigenvalue weighted by Gasteiger charge is -2.19. The number of rotatable bonds is 8. The van der Waals surface area contributed by atoms with Crippen LogP contribution in [0.25, 0.3) is 0 Å². The summed E-state index contributed by atoms with van der Waals surface area (Å²) < 4.78 is 5.94. The van der Waals surface area contributed by atoms with Crippen molar-refractivity contribution < 1.29 is 14.3 Å². The van der Waals surface area contributed by atoms with E-state index in [2.05, 4.69) is 22.2 Å². The molecular weight excluding hydrogens is 418 g/mol. The highest BCUT2D eigenvalue weighted by molar-refractivity contribution is 5.95. The van der Waals surface area contributed by atoms with Gasteiger partial charge in [0.2, 0.25) is 11.8 Å². The second kappa shape index (κ2) is 9.86. The molecule has 1 aromatic heterocycles. The van der Waals surface area contributed by atoms with Crippen molar-refractivity contribution >= 4 is 29.0 Å². The van der Waals surface area contributed by atoms with Crippen LogP contribution in [0.1, 0.15) is 16.8 Å². The highest BCUT2D eigenvalue weighted by Gasteiger charge is 2.25. The molecule has 0 bridgehead atoms. The summed E-state index contributed by atoms with van der Waals surface area (Å²) in [6, 6.07) is 20.5. The van der Waals surface area contributed by atoms with E-state index in [1.807, 2.05) is 47.4 Å². The number of aromatic nitrogens is 1. The first-order valence-corrected chi connectivity index (χ1v) is 10.6. The lowest BCUT2D eigenvalue weighted by molar-refractivity contribution is -0.117. The summed E-state index contributed by atoms with van der Waals surface area (Å²) in [5.41, 5.74) is 7.60. The number of nitrogens with zero attached hydrogens (tertiary/aromatic N) is 2. The third-order valence-corrected chi connectivity index (χ3v) is 5.29. The molecule has 33 heavy (non-hydrogen) atoms. The number of para-hydroxylation sites is 1. The number of ether oxygens (including phenoxy) is 1. The fourth-order valence-corrected chi connectivity index (χ4v) is 3.62. The van der Waals surface area contributed by atoms with Crippen molar-refractivity contribution in [3.8, 4) is 11.6 Å². The Balaban J connectivity index is 1.49. The summed E-state index contributed by atoms with van der Waals surface area (Å²) in [4.78, 5) is 30.1. The van der Waals surface area contributed by atoms with Gasteiger partial charge in [0.25, 0.3) is 5.91 Å². The van der Waals surface area contributed by atoms with Crippen LogP contribution in [-0.4, -0.2) is 35.9 Å². The molecule has 0 saturated carbocycles. The molecule has 4 rings (SSSR count). The molecule has 0 spiro atoms. The molecule has 2 heterocycles. The Morgan fingerprint density at radius 2 is 1.79 bits per heavy atom. The molecule has 1 fully saturated rings. The molecule has 0 aliphatic carbocycles. The fourth-order valence-electron chi connectivity index (χ4n) is 3.62. The lowest BCUT2D eigenvalue weighted by atomic mass is 10.2. The highest BCUT2D eigenvalue weighted by atomic mass is 16.5. The number of carbonyl (C=O) groups excluding carboxylic acids is 2. The van der Waals surface area contributed by atoms with Gasteiger partial charge in [-0.1, -0.05) is 24.8 Å². The van der Waals surface area contributed by atoms with E-state index < -0.39 is 5.91 Å². The average Bonchev–Trinajstić information content (AvgIpc) is 3.29. The molecular formula is C25H25N5O3. The molecule has 4 N–H and O–H groups in total. The number of carbonyl (C=O) groups is 2. The van der Waals surface area contributed by atoms with Crippen molar-refractivity contribution in [2.75, 3.05) is 23.3 Å². The van der Waals surface area contributed by atoms with Crippen LogP contribution in [-0.2, 0) is 4.79 Å². The van der Waals surface area contributed by atoms with E-state index in [4.69, 9.17) is 10.5 Å². The maximum atomic E-state index is 11.9. The smallest absolute Gasteiger partial charge is 0.254 e. The van der Waals surface area contributed by atoms with Crippen molar-refractivity contribution in [2.45, 2.75) is 12.5 Å². The summed E-state index contributed by atoms with van der Waals surface area (Å²) in [6.07, 6.45) is 2.04. The molecule has 2 aromatic carbocycles. The Bertz CT molecular complexity index is 1150. The first-order valence-electron chi connectivity index (χ1n) is 10.6. The van der Waals surface area contributed by atoms with Gasteiger partial charge in [-0.2, -0.15) is 4.98 Å². The van der Waals surface area contributed by atoms with Crippen LogP contribution < -0.4 is 26.0 Å². The van der Waals surface area contributed by atoms with Gasteiger partial charge in [-0.05, 0) is 61.0 Å². The second-order valence-electron chi connectivity index (χ2n) is 7.65. The van der Waals surface area contributed by atoms with Crippen molar-refractivity contribution in [3.05, 3.63) is 84.9 Å². The van der Waals surface area contributed by atoms with Crippen LogP contribution >= 0.6 is 0 Å². The Labute approximate surface area is 192 Å². The third kappa shape index (κ3) is 5.48. The molecule has 0 radical (unpaired) electrons. The van der Waals surface area contributed by atoms with Crippen LogP contribution in [0.4, 0.5) is 17.2 Å². The molecule has 8 heteroatoms. The van der Waals surface area contributed by atoms with Gasteiger partial charge in [0.15, 0.2) is 0 Å². The van der Waals surface area contributed by atoms with E-state index in [1.54, 1.807) is 24.3 Å². The maximum absolute atomic E-state index is 11.9. The number of hydrogen-bond donors (Lipinski definition) is 3. The monoisotopic (exact) mass is 443 g/mol. The minimum Gasteiger partial charge on any atom is -0.438 e. The number of nitrogens with two attached hydrogens (primary N) is 1. The summed E-state index contributed by atoms with van der Waals surface area (Å²) in [7, 11) is 0. The van der Waals surface area contributed by atoms with Gasteiger partial charge in [-0.25, -0.2) is 0 Å². The van der Waals surface area contributed by atoms with E-state index >= 15 is 0 Å². The van der Waals surface area contributed by atoms with E-state index in [9.17, 15) is 9.59 Å². The molecule has 8 nitrogen and oxygen atoms in total. The molecule has 1 atom stereocenters. The van der Waals surface area contributed by atoms with Gasteiger partial charge in [0, 0.05) is 30.5 Å². The number of primary amides is 1. The predicted molar refractivity (Wildman–Crippen MR) is 128 cm³/mol. The minimum atomic E-state index is -0.621. The fraction of sp³-hybridized carbons (Fsp3) is 0.160. The molecule has 1 aliphatic heterocycles. The van der Waals surface area contributed by atoms with Gasteiger partial charge >= 0.3 is 0 Å². The number of hydrogen-bond acceptors (Lipinski definition) is 6. The Morgan fingerprint density at radius 1 is 1.06 bits per heavy atom. The molecule has 1 aliphatic rings. The Hall–Kier alpha value is -4.33. The van der Waals surface area contributed by atoms with Gasteiger partial charge in [-0.3, -0.25) is 9.59 Å².